The van der Waals surface area contributed by atoms with Gasteiger partial charge in [-0.15, -0.1) is 0 Å². The first-order valence-electron chi connectivity index (χ1n) is 5.37. The second-order valence-electron chi connectivity index (χ2n) is 3.66. The molecule has 0 amide bonds. The minimum absolute atomic E-state index is 0.765. The predicted molar refractivity (Wildman–Crippen MR) is 74.8 cm³/mol. The van der Waals surface area contributed by atoms with Crippen molar-refractivity contribution in [1.29, 1.82) is 0 Å². The summed E-state index contributed by atoms with van der Waals surface area (Å²) >= 11 is 0. The zero-order valence-corrected chi connectivity index (χ0v) is 10.7. The average molecular weight is 215 g/mol. The van der Waals surface area contributed by atoms with Gasteiger partial charge in [0.05, 0.1) is 5.70 Å². The van der Waals surface area contributed by atoms with Gasteiger partial charge in [0, 0.05) is 6.21 Å². The minimum Gasteiger partial charge on any atom is -0.257 e. The molecule has 0 N–H and O–H groups in total. The zero-order valence-electron chi connectivity index (χ0n) is 10.7. The summed E-state index contributed by atoms with van der Waals surface area (Å²) in [5.74, 6) is 0. The van der Waals surface area contributed by atoms with Crippen molar-refractivity contribution in [3.05, 3.63) is 59.9 Å². The van der Waals surface area contributed by atoms with Crippen LogP contribution in [0.1, 0.15) is 27.7 Å². The van der Waals surface area contributed by atoms with Gasteiger partial charge in [-0.3, -0.25) is 4.99 Å². The van der Waals surface area contributed by atoms with Crippen LogP contribution in [0.3, 0.4) is 0 Å². The average Bonchev–Trinajstić information content (AvgIpc) is 2.26. The maximum Gasteiger partial charge on any atom is 0.0627 e. The zero-order chi connectivity index (χ0) is 12.6. The summed E-state index contributed by atoms with van der Waals surface area (Å²) in [4.78, 5) is 4.31. The third-order valence-electron chi connectivity index (χ3n) is 2.07. The highest BCUT2D eigenvalue weighted by molar-refractivity contribution is 5.78. The third kappa shape index (κ3) is 5.97. The molecule has 0 heterocycles. The monoisotopic (exact) mass is 215 g/mol. The van der Waals surface area contributed by atoms with Crippen molar-refractivity contribution in [3.8, 4) is 0 Å². The van der Waals surface area contributed by atoms with Gasteiger partial charge in [0.25, 0.3) is 0 Å². The van der Waals surface area contributed by atoms with E-state index < -0.39 is 0 Å². The Labute approximate surface area is 99.3 Å². The van der Waals surface area contributed by atoms with E-state index in [9.17, 15) is 0 Å². The van der Waals surface area contributed by atoms with Gasteiger partial charge in [-0.2, -0.15) is 0 Å². The highest BCUT2D eigenvalue weighted by Crippen LogP contribution is 2.11. The van der Waals surface area contributed by atoms with Gasteiger partial charge in [0.1, 0.15) is 0 Å². The third-order valence-corrected chi connectivity index (χ3v) is 2.07. The quantitative estimate of drug-likeness (QED) is 0.469. The van der Waals surface area contributed by atoms with Crippen molar-refractivity contribution >= 4 is 6.21 Å². The van der Waals surface area contributed by atoms with Gasteiger partial charge in [0.15, 0.2) is 0 Å². The van der Waals surface area contributed by atoms with Crippen LogP contribution < -0.4 is 0 Å². The molecule has 1 nitrogen and oxygen atoms in total. The largest absolute Gasteiger partial charge is 0.257 e. The molecule has 0 unspecified atom stereocenters. The summed E-state index contributed by atoms with van der Waals surface area (Å²) < 4.78 is 0. The Morgan fingerprint density at radius 3 is 2.06 bits per heavy atom. The van der Waals surface area contributed by atoms with Gasteiger partial charge in [-0.25, -0.2) is 0 Å². The van der Waals surface area contributed by atoms with E-state index in [1.807, 2.05) is 58.2 Å². The Morgan fingerprint density at radius 2 is 1.62 bits per heavy atom. The molecular weight excluding hydrogens is 194 g/mol. The topological polar surface area (TPSA) is 12.4 Å². The lowest BCUT2D eigenvalue weighted by molar-refractivity contribution is 1.34. The molecule has 0 saturated carbocycles. The highest BCUT2D eigenvalue weighted by Gasteiger charge is 1.94. The molecule has 0 bridgehead atoms. The minimum atomic E-state index is 0.765. The van der Waals surface area contributed by atoms with Gasteiger partial charge >= 0.3 is 0 Å². The van der Waals surface area contributed by atoms with Gasteiger partial charge in [-0.05, 0) is 38.8 Å². The van der Waals surface area contributed by atoms with Crippen LogP contribution in [-0.2, 0) is 0 Å². The van der Waals surface area contributed by atoms with Crippen molar-refractivity contribution in [1.82, 2.24) is 0 Å². The van der Waals surface area contributed by atoms with E-state index in [4.69, 9.17) is 0 Å². The van der Waals surface area contributed by atoms with E-state index in [-0.39, 0.29) is 0 Å². The molecule has 0 aliphatic rings. The van der Waals surface area contributed by atoms with E-state index >= 15 is 0 Å². The Morgan fingerprint density at radius 1 is 1.00 bits per heavy atom. The van der Waals surface area contributed by atoms with Crippen LogP contribution in [-0.4, -0.2) is 6.21 Å². The lowest BCUT2D eigenvalue weighted by atomic mass is 10.1. The van der Waals surface area contributed by atoms with Crippen molar-refractivity contribution < 1.29 is 0 Å². The number of aliphatic imine (C=N–C) groups is 1. The molecule has 0 radical (unpaired) electrons. The number of allylic oxidation sites excluding steroid dienone is 6. The molecular formula is C15H21N. The fraction of sp³-hybridized carbons (Fsp3) is 0.267. The Balaban J connectivity index is 4.70. The molecule has 0 atom stereocenters. The molecule has 0 aromatic carbocycles. The molecule has 0 aliphatic carbocycles. The van der Waals surface area contributed by atoms with E-state index in [1.54, 1.807) is 0 Å². The molecule has 0 fully saturated rings. The molecule has 1 heteroatoms. The van der Waals surface area contributed by atoms with Crippen LogP contribution in [0.15, 0.2) is 64.9 Å². The highest BCUT2D eigenvalue weighted by atomic mass is 14.7. The second kappa shape index (κ2) is 7.63. The van der Waals surface area contributed by atoms with Crippen LogP contribution in [0.4, 0.5) is 0 Å². The molecule has 0 saturated heterocycles. The molecule has 0 aromatic rings. The number of hydrogen-bond donors (Lipinski definition) is 0. The molecule has 0 rings (SSSR count). The number of nitrogens with zero attached hydrogens (tertiary/aromatic N) is 1. The lowest BCUT2D eigenvalue weighted by Crippen LogP contribution is -1.84. The maximum atomic E-state index is 4.31. The SMILES string of the molecule is C=C(C)/C=C\C(=C/C)C(=C)/N=C\C(C)=C/C. The first-order valence-corrected chi connectivity index (χ1v) is 5.37. The summed E-state index contributed by atoms with van der Waals surface area (Å²) in [6.07, 6.45) is 9.76. The van der Waals surface area contributed by atoms with E-state index in [0.717, 1.165) is 22.4 Å². The summed E-state index contributed by atoms with van der Waals surface area (Å²) in [6, 6.07) is 0. The van der Waals surface area contributed by atoms with Gasteiger partial charge < -0.3 is 0 Å². The van der Waals surface area contributed by atoms with Crippen molar-refractivity contribution in [2.24, 2.45) is 4.99 Å². The molecule has 16 heavy (non-hydrogen) atoms. The van der Waals surface area contributed by atoms with Crippen LogP contribution in [0, 0.1) is 0 Å². The van der Waals surface area contributed by atoms with Crippen molar-refractivity contribution in [2.75, 3.05) is 0 Å². The van der Waals surface area contributed by atoms with Crippen LogP contribution in [0.2, 0.25) is 0 Å². The van der Waals surface area contributed by atoms with Gasteiger partial charge in [-0.1, -0.05) is 43.0 Å². The number of hydrogen-bond acceptors (Lipinski definition) is 1. The van der Waals surface area contributed by atoms with E-state index in [2.05, 4.69) is 18.2 Å². The smallest absolute Gasteiger partial charge is 0.0627 e. The first kappa shape index (κ1) is 14.4. The van der Waals surface area contributed by atoms with Crippen LogP contribution >= 0.6 is 0 Å². The van der Waals surface area contributed by atoms with E-state index in [0.29, 0.717) is 0 Å². The van der Waals surface area contributed by atoms with E-state index in [1.165, 1.54) is 0 Å². The first-order chi connectivity index (χ1) is 7.51. The fourth-order valence-electron chi connectivity index (χ4n) is 0.920. The summed E-state index contributed by atoms with van der Waals surface area (Å²) in [6.45, 7) is 15.7. The standard InChI is InChI=1S/C15H21N/c1-7-13(5)11-16-14(6)15(8-2)10-9-12(3)4/h7-11H,3,6H2,1-2,4-5H3/b10-9-,13-7-,15-8+,16-11-. The van der Waals surface area contributed by atoms with Crippen LogP contribution in [0.5, 0.6) is 0 Å². The predicted octanol–water partition coefficient (Wildman–Crippen LogP) is 4.62. The normalized spacial score (nSPS) is 13.8. The van der Waals surface area contributed by atoms with Crippen molar-refractivity contribution in [2.45, 2.75) is 27.7 Å². The summed E-state index contributed by atoms with van der Waals surface area (Å²) in [7, 11) is 0. The molecule has 0 aromatic heterocycles. The maximum absolute atomic E-state index is 4.31. The summed E-state index contributed by atoms with van der Waals surface area (Å²) in [5.41, 5.74) is 3.92. The number of rotatable bonds is 5. The Hall–Kier alpha value is -1.63. The Kier molecular flexibility index (Phi) is 6.86. The summed E-state index contributed by atoms with van der Waals surface area (Å²) in [5, 5.41) is 0. The fourth-order valence-corrected chi connectivity index (χ4v) is 0.920. The molecule has 0 aliphatic heterocycles. The Bertz CT molecular complexity index is 376. The van der Waals surface area contributed by atoms with Gasteiger partial charge in [0.2, 0.25) is 0 Å². The second-order valence-corrected chi connectivity index (χ2v) is 3.66. The lowest BCUT2D eigenvalue weighted by Gasteiger charge is -2.00. The molecule has 0 spiro atoms. The van der Waals surface area contributed by atoms with Crippen LogP contribution in [0.25, 0.3) is 0 Å². The molecule has 86 valence electrons. The van der Waals surface area contributed by atoms with Crippen molar-refractivity contribution in [3.63, 3.8) is 0 Å².